The van der Waals surface area contributed by atoms with Crippen molar-refractivity contribution in [1.82, 2.24) is 15.3 Å². The molecule has 0 aliphatic carbocycles. The van der Waals surface area contributed by atoms with Crippen LogP contribution in [0.1, 0.15) is 33.1 Å². The van der Waals surface area contributed by atoms with Gasteiger partial charge >= 0.3 is 6.09 Å². The zero-order valence-corrected chi connectivity index (χ0v) is 18.9. The molecule has 1 atom stereocenters. The van der Waals surface area contributed by atoms with Crippen molar-refractivity contribution in [3.63, 3.8) is 0 Å². The van der Waals surface area contributed by atoms with E-state index in [0.717, 1.165) is 48.5 Å². The van der Waals surface area contributed by atoms with Gasteiger partial charge in [0.25, 0.3) is 0 Å². The topological polar surface area (TPSA) is 97.4 Å². The SMILES string of the molecule is CC(C)Oc1ccccc1-c1cc(Nc2ccc(NC(=O)O[C@H]3CCCCN3)cc2)ncn1. The van der Waals surface area contributed by atoms with Gasteiger partial charge in [0.15, 0.2) is 6.23 Å². The lowest BCUT2D eigenvalue weighted by Crippen LogP contribution is -2.38. The second-order valence-corrected chi connectivity index (χ2v) is 8.12. The molecule has 3 N–H and O–H groups in total. The van der Waals surface area contributed by atoms with E-state index in [-0.39, 0.29) is 12.3 Å². The second-order valence-electron chi connectivity index (χ2n) is 8.12. The van der Waals surface area contributed by atoms with Crippen LogP contribution in [0.15, 0.2) is 60.9 Å². The van der Waals surface area contributed by atoms with Crippen LogP contribution in [-0.4, -0.2) is 34.9 Å². The van der Waals surface area contributed by atoms with E-state index in [1.807, 2.05) is 68.4 Å². The molecule has 0 saturated carbocycles. The maximum Gasteiger partial charge on any atom is 0.413 e. The molecule has 1 aliphatic heterocycles. The summed E-state index contributed by atoms with van der Waals surface area (Å²) in [6.07, 6.45) is 3.92. The van der Waals surface area contributed by atoms with Crippen LogP contribution in [0.2, 0.25) is 0 Å². The van der Waals surface area contributed by atoms with Crippen molar-refractivity contribution in [2.24, 2.45) is 0 Å². The molecule has 8 heteroatoms. The van der Waals surface area contributed by atoms with E-state index in [2.05, 4.69) is 25.9 Å². The van der Waals surface area contributed by atoms with Crippen LogP contribution in [0.5, 0.6) is 5.75 Å². The minimum atomic E-state index is -0.460. The first kappa shape index (κ1) is 22.5. The number of para-hydroxylation sites is 1. The summed E-state index contributed by atoms with van der Waals surface area (Å²) in [6, 6.07) is 17.0. The van der Waals surface area contributed by atoms with Crippen LogP contribution in [0, 0.1) is 0 Å². The van der Waals surface area contributed by atoms with Gasteiger partial charge in [0.1, 0.15) is 17.9 Å². The Bertz CT molecular complexity index is 1070. The summed E-state index contributed by atoms with van der Waals surface area (Å²) in [5.74, 6) is 1.44. The van der Waals surface area contributed by atoms with Crippen molar-refractivity contribution in [1.29, 1.82) is 0 Å². The van der Waals surface area contributed by atoms with Crippen LogP contribution >= 0.6 is 0 Å². The lowest BCUT2D eigenvalue weighted by molar-refractivity contribution is 0.0716. The van der Waals surface area contributed by atoms with E-state index in [4.69, 9.17) is 9.47 Å². The summed E-state index contributed by atoms with van der Waals surface area (Å²) in [5.41, 5.74) is 3.16. The molecule has 2 heterocycles. The molecule has 172 valence electrons. The Labute approximate surface area is 193 Å². The highest BCUT2D eigenvalue weighted by Gasteiger charge is 2.17. The number of hydrogen-bond donors (Lipinski definition) is 3. The van der Waals surface area contributed by atoms with Gasteiger partial charge in [-0.15, -0.1) is 0 Å². The van der Waals surface area contributed by atoms with Crippen molar-refractivity contribution >= 4 is 23.3 Å². The predicted molar refractivity (Wildman–Crippen MR) is 129 cm³/mol. The number of hydrogen-bond acceptors (Lipinski definition) is 7. The number of benzene rings is 2. The molecular weight excluding hydrogens is 418 g/mol. The van der Waals surface area contributed by atoms with Crippen molar-refractivity contribution in [3.8, 4) is 17.0 Å². The summed E-state index contributed by atoms with van der Waals surface area (Å²) < 4.78 is 11.3. The fraction of sp³-hybridized carbons (Fsp3) is 0.320. The highest BCUT2D eigenvalue weighted by molar-refractivity contribution is 5.85. The van der Waals surface area contributed by atoms with Crippen LogP contribution in [0.4, 0.5) is 22.0 Å². The zero-order valence-electron chi connectivity index (χ0n) is 18.9. The molecule has 0 unspecified atom stereocenters. The average Bonchev–Trinajstić information content (AvgIpc) is 2.81. The van der Waals surface area contributed by atoms with Crippen molar-refractivity contribution < 1.29 is 14.3 Å². The van der Waals surface area contributed by atoms with Gasteiger partial charge in [-0.2, -0.15) is 0 Å². The normalized spacial score (nSPS) is 15.7. The number of carbonyl (C=O) groups is 1. The number of nitrogens with zero attached hydrogens (tertiary/aromatic N) is 2. The highest BCUT2D eigenvalue weighted by Crippen LogP contribution is 2.30. The lowest BCUT2D eigenvalue weighted by Gasteiger charge is -2.23. The molecule has 1 aliphatic rings. The number of aromatic nitrogens is 2. The maximum atomic E-state index is 12.1. The molecular formula is C25H29N5O3. The van der Waals surface area contributed by atoms with Crippen molar-refractivity contribution in [2.75, 3.05) is 17.2 Å². The quantitative estimate of drug-likeness (QED) is 0.451. The van der Waals surface area contributed by atoms with Gasteiger partial charge in [-0.25, -0.2) is 14.8 Å². The first-order chi connectivity index (χ1) is 16.1. The molecule has 33 heavy (non-hydrogen) atoms. The van der Waals surface area contributed by atoms with Gasteiger partial charge in [-0.05, 0) is 76.1 Å². The monoisotopic (exact) mass is 447 g/mol. The van der Waals surface area contributed by atoms with E-state index in [0.29, 0.717) is 11.5 Å². The number of carbonyl (C=O) groups excluding carboxylic acids is 1. The van der Waals surface area contributed by atoms with E-state index < -0.39 is 6.09 Å². The Balaban J connectivity index is 1.39. The van der Waals surface area contributed by atoms with Crippen molar-refractivity contribution in [2.45, 2.75) is 45.4 Å². The number of nitrogens with one attached hydrogen (secondary N) is 3. The second kappa shape index (κ2) is 10.8. The number of piperidine rings is 1. The summed E-state index contributed by atoms with van der Waals surface area (Å²) in [4.78, 5) is 20.9. The fourth-order valence-electron chi connectivity index (χ4n) is 3.59. The fourth-order valence-corrected chi connectivity index (χ4v) is 3.59. The van der Waals surface area contributed by atoms with Gasteiger partial charge in [0.05, 0.1) is 11.8 Å². The number of ether oxygens (including phenoxy) is 2. The Kier molecular flexibility index (Phi) is 7.36. The molecule has 0 radical (unpaired) electrons. The standard InChI is InChI=1S/C25H29N5O3/c1-17(2)32-22-8-4-3-7-20(22)21-15-23(28-16-27-21)29-18-10-12-19(13-11-18)30-25(31)33-24-9-5-6-14-26-24/h3-4,7-8,10-13,15-17,24,26H,5-6,9,14H2,1-2H3,(H,30,31)(H,27,28,29)/t24-/m0/s1. The molecule has 1 amide bonds. The molecule has 3 aromatic rings. The predicted octanol–water partition coefficient (Wildman–Crippen LogP) is 5.32. The third-order valence-corrected chi connectivity index (χ3v) is 5.11. The Hall–Kier alpha value is -3.65. The Morgan fingerprint density at radius 1 is 1.06 bits per heavy atom. The minimum absolute atomic E-state index is 0.0638. The molecule has 8 nitrogen and oxygen atoms in total. The summed E-state index contributed by atoms with van der Waals surface area (Å²) in [6.45, 7) is 4.86. The smallest absolute Gasteiger partial charge is 0.413 e. The van der Waals surface area contributed by atoms with Gasteiger partial charge < -0.3 is 14.8 Å². The van der Waals surface area contributed by atoms with Gasteiger partial charge in [0.2, 0.25) is 0 Å². The lowest BCUT2D eigenvalue weighted by atomic mass is 10.1. The van der Waals surface area contributed by atoms with Crippen molar-refractivity contribution in [3.05, 3.63) is 60.9 Å². The number of amides is 1. The minimum Gasteiger partial charge on any atom is -0.490 e. The number of rotatable bonds is 7. The van der Waals surface area contributed by atoms with Crippen LogP contribution < -0.4 is 20.7 Å². The number of anilines is 3. The Morgan fingerprint density at radius 2 is 1.85 bits per heavy atom. The first-order valence-corrected chi connectivity index (χ1v) is 11.2. The molecule has 1 saturated heterocycles. The average molecular weight is 448 g/mol. The van der Waals surface area contributed by atoms with Gasteiger partial charge in [-0.1, -0.05) is 12.1 Å². The van der Waals surface area contributed by atoms with Gasteiger partial charge in [-0.3, -0.25) is 10.6 Å². The van der Waals surface area contributed by atoms with Crippen LogP contribution in [0.25, 0.3) is 11.3 Å². The van der Waals surface area contributed by atoms with Crippen LogP contribution in [0.3, 0.4) is 0 Å². The largest absolute Gasteiger partial charge is 0.490 e. The van der Waals surface area contributed by atoms with Crippen LogP contribution in [-0.2, 0) is 4.74 Å². The van der Waals surface area contributed by atoms with E-state index in [1.165, 1.54) is 6.33 Å². The molecule has 1 fully saturated rings. The highest BCUT2D eigenvalue weighted by atomic mass is 16.6. The maximum absolute atomic E-state index is 12.1. The van der Waals surface area contributed by atoms with Gasteiger partial charge in [0, 0.05) is 23.0 Å². The third kappa shape index (κ3) is 6.43. The molecule has 0 bridgehead atoms. The third-order valence-electron chi connectivity index (χ3n) is 5.11. The van der Waals surface area contributed by atoms with E-state index in [1.54, 1.807) is 0 Å². The summed E-state index contributed by atoms with van der Waals surface area (Å²) in [5, 5.41) is 9.23. The first-order valence-electron chi connectivity index (χ1n) is 11.2. The summed E-state index contributed by atoms with van der Waals surface area (Å²) >= 11 is 0. The molecule has 2 aromatic carbocycles. The van der Waals surface area contributed by atoms with E-state index in [9.17, 15) is 4.79 Å². The zero-order chi connectivity index (χ0) is 23.0. The molecule has 1 aromatic heterocycles. The Morgan fingerprint density at radius 3 is 2.61 bits per heavy atom. The van der Waals surface area contributed by atoms with E-state index >= 15 is 0 Å². The summed E-state index contributed by atoms with van der Waals surface area (Å²) in [7, 11) is 0. The molecule has 0 spiro atoms. The molecule has 4 rings (SSSR count).